The number of carbonyl (C=O) groups is 1. The van der Waals surface area contributed by atoms with Crippen molar-refractivity contribution in [1.29, 1.82) is 0 Å². The summed E-state index contributed by atoms with van der Waals surface area (Å²) in [5.74, 6) is -0.216. The molecule has 6 nitrogen and oxygen atoms in total. The fraction of sp³-hybridized carbons (Fsp3) is 0.316. The van der Waals surface area contributed by atoms with Crippen molar-refractivity contribution in [1.82, 2.24) is 4.31 Å². The Morgan fingerprint density at radius 3 is 2.43 bits per heavy atom. The van der Waals surface area contributed by atoms with Gasteiger partial charge in [0.05, 0.1) is 18.2 Å². The Balaban J connectivity index is 1.68. The molecule has 2 aromatic rings. The summed E-state index contributed by atoms with van der Waals surface area (Å²) in [6, 6.07) is 11.7. The van der Waals surface area contributed by atoms with Crippen LogP contribution in [0.5, 0.6) is 0 Å². The summed E-state index contributed by atoms with van der Waals surface area (Å²) in [6.45, 7) is 1.24. The Labute approximate surface area is 174 Å². The van der Waals surface area contributed by atoms with Crippen molar-refractivity contribution in [3.63, 3.8) is 0 Å². The monoisotopic (exact) mass is 442 g/mol. The lowest BCUT2D eigenvalue weighted by Crippen LogP contribution is -2.40. The highest BCUT2D eigenvalue weighted by atomic mass is 35.5. The maximum atomic E-state index is 12.8. The van der Waals surface area contributed by atoms with Gasteiger partial charge in [-0.05, 0) is 42.3 Å². The first kappa shape index (κ1) is 21.1. The van der Waals surface area contributed by atoms with Crippen molar-refractivity contribution in [2.24, 2.45) is 0 Å². The number of carbonyl (C=O) groups excluding carboxylic acids is 1. The molecule has 3 rings (SSSR count). The molecule has 1 aliphatic rings. The summed E-state index contributed by atoms with van der Waals surface area (Å²) < 4.78 is 32.2. The van der Waals surface area contributed by atoms with Gasteiger partial charge in [0.15, 0.2) is 0 Å². The second-order valence-corrected chi connectivity index (χ2v) is 9.09. The SMILES string of the molecule is O=C(CCc1ccc(Cl)cc1)Nc1ccc(Cl)c(S(=O)(=O)N2CCOCC2)c1. The van der Waals surface area contributed by atoms with Gasteiger partial charge in [-0.3, -0.25) is 4.79 Å². The molecule has 1 amide bonds. The zero-order chi connectivity index (χ0) is 20.1. The quantitative estimate of drug-likeness (QED) is 0.741. The molecule has 1 heterocycles. The highest BCUT2D eigenvalue weighted by molar-refractivity contribution is 7.89. The minimum absolute atomic E-state index is 0.0217. The first-order valence-electron chi connectivity index (χ1n) is 8.78. The summed E-state index contributed by atoms with van der Waals surface area (Å²) >= 11 is 12.0. The summed E-state index contributed by atoms with van der Waals surface area (Å²) in [5.41, 5.74) is 1.38. The smallest absolute Gasteiger partial charge is 0.244 e. The number of amides is 1. The zero-order valence-corrected chi connectivity index (χ0v) is 17.4. The predicted octanol–water partition coefficient (Wildman–Crippen LogP) is 3.59. The number of sulfonamides is 1. The van der Waals surface area contributed by atoms with E-state index in [0.29, 0.717) is 30.3 Å². The number of hydrogen-bond donors (Lipinski definition) is 1. The lowest BCUT2D eigenvalue weighted by molar-refractivity contribution is -0.116. The van der Waals surface area contributed by atoms with E-state index < -0.39 is 10.0 Å². The van der Waals surface area contributed by atoms with E-state index in [1.165, 1.54) is 16.4 Å². The van der Waals surface area contributed by atoms with E-state index in [-0.39, 0.29) is 35.3 Å². The van der Waals surface area contributed by atoms with Crippen LogP contribution >= 0.6 is 23.2 Å². The molecule has 0 unspecified atom stereocenters. The van der Waals surface area contributed by atoms with Gasteiger partial charge in [0.2, 0.25) is 15.9 Å². The molecule has 0 saturated carbocycles. The number of nitrogens with one attached hydrogen (secondary N) is 1. The van der Waals surface area contributed by atoms with Gasteiger partial charge >= 0.3 is 0 Å². The van der Waals surface area contributed by atoms with Crippen molar-refractivity contribution in [2.45, 2.75) is 17.7 Å². The topological polar surface area (TPSA) is 75.7 Å². The summed E-state index contributed by atoms with van der Waals surface area (Å²) in [5, 5.41) is 3.49. The minimum atomic E-state index is -3.75. The molecule has 28 heavy (non-hydrogen) atoms. The number of nitrogens with zero attached hydrogens (tertiary/aromatic N) is 1. The fourth-order valence-corrected chi connectivity index (χ4v) is 4.87. The molecular weight excluding hydrogens is 423 g/mol. The second kappa shape index (κ2) is 9.24. The number of rotatable bonds is 6. The minimum Gasteiger partial charge on any atom is -0.379 e. The maximum Gasteiger partial charge on any atom is 0.244 e. The molecule has 0 atom stereocenters. The lowest BCUT2D eigenvalue weighted by Gasteiger charge is -2.26. The van der Waals surface area contributed by atoms with E-state index in [1.54, 1.807) is 18.2 Å². The molecule has 0 aliphatic carbocycles. The van der Waals surface area contributed by atoms with Crippen LogP contribution in [0.3, 0.4) is 0 Å². The van der Waals surface area contributed by atoms with E-state index in [4.69, 9.17) is 27.9 Å². The number of ether oxygens (including phenoxy) is 1. The van der Waals surface area contributed by atoms with E-state index in [9.17, 15) is 13.2 Å². The third-order valence-corrected chi connectivity index (χ3v) is 6.99. The van der Waals surface area contributed by atoms with Gasteiger partial charge in [-0.25, -0.2) is 8.42 Å². The van der Waals surface area contributed by atoms with Crippen LogP contribution in [0.4, 0.5) is 5.69 Å². The zero-order valence-electron chi connectivity index (χ0n) is 15.0. The first-order chi connectivity index (χ1) is 13.4. The van der Waals surface area contributed by atoms with Crippen LogP contribution in [0.25, 0.3) is 0 Å². The molecule has 1 N–H and O–H groups in total. The van der Waals surface area contributed by atoms with Crippen molar-refractivity contribution >= 4 is 44.8 Å². The number of halogens is 2. The van der Waals surface area contributed by atoms with Crippen molar-refractivity contribution < 1.29 is 17.9 Å². The molecule has 150 valence electrons. The number of benzene rings is 2. The van der Waals surface area contributed by atoms with Crippen LogP contribution in [-0.2, 0) is 26.0 Å². The van der Waals surface area contributed by atoms with E-state index in [0.717, 1.165) is 5.56 Å². The highest BCUT2D eigenvalue weighted by Crippen LogP contribution is 2.28. The Morgan fingerprint density at radius 1 is 1.07 bits per heavy atom. The largest absolute Gasteiger partial charge is 0.379 e. The molecule has 9 heteroatoms. The fourth-order valence-electron chi connectivity index (χ4n) is 2.84. The van der Waals surface area contributed by atoms with Crippen molar-refractivity contribution in [3.8, 4) is 0 Å². The van der Waals surface area contributed by atoms with Gasteiger partial charge in [-0.2, -0.15) is 4.31 Å². The molecule has 0 radical (unpaired) electrons. The normalized spacial score (nSPS) is 15.4. The lowest BCUT2D eigenvalue weighted by atomic mass is 10.1. The van der Waals surface area contributed by atoms with Crippen molar-refractivity contribution in [2.75, 3.05) is 31.6 Å². The maximum absolute atomic E-state index is 12.8. The van der Waals surface area contributed by atoms with Gasteiger partial charge in [-0.15, -0.1) is 0 Å². The molecular formula is C19H20Cl2N2O4S. The van der Waals surface area contributed by atoms with E-state index in [2.05, 4.69) is 5.32 Å². The average Bonchev–Trinajstić information content (AvgIpc) is 2.69. The van der Waals surface area contributed by atoms with Gasteiger partial charge in [-0.1, -0.05) is 35.3 Å². The number of aryl methyl sites for hydroxylation is 1. The van der Waals surface area contributed by atoms with Crippen LogP contribution in [0, 0.1) is 0 Å². The number of morpholine rings is 1. The third-order valence-electron chi connectivity index (χ3n) is 4.36. The van der Waals surface area contributed by atoms with Gasteiger partial charge < -0.3 is 10.1 Å². The highest BCUT2D eigenvalue weighted by Gasteiger charge is 2.28. The standard InChI is InChI=1S/C19H20Cl2N2O4S/c20-15-4-1-14(2-5-15)3-8-19(24)22-16-6-7-17(21)18(13-16)28(25,26)23-9-11-27-12-10-23/h1-2,4-7,13H,3,8-12H2,(H,22,24). The molecule has 1 aliphatic heterocycles. The first-order valence-corrected chi connectivity index (χ1v) is 11.0. The number of anilines is 1. The molecule has 1 fully saturated rings. The molecule has 1 saturated heterocycles. The van der Waals surface area contributed by atoms with Gasteiger partial charge in [0.25, 0.3) is 0 Å². The predicted molar refractivity (Wildman–Crippen MR) is 109 cm³/mol. The Bertz CT molecular complexity index is 943. The van der Waals surface area contributed by atoms with Crippen LogP contribution in [0.2, 0.25) is 10.0 Å². The van der Waals surface area contributed by atoms with Crippen LogP contribution in [0.1, 0.15) is 12.0 Å². The van der Waals surface area contributed by atoms with Crippen LogP contribution in [-0.4, -0.2) is 44.9 Å². The van der Waals surface area contributed by atoms with Crippen molar-refractivity contribution in [3.05, 3.63) is 58.1 Å². The molecule has 0 aromatic heterocycles. The van der Waals surface area contributed by atoms with Gasteiger partial charge in [0.1, 0.15) is 4.90 Å². The van der Waals surface area contributed by atoms with Crippen LogP contribution < -0.4 is 5.32 Å². The second-order valence-electron chi connectivity index (χ2n) is 6.34. The molecule has 0 spiro atoms. The van der Waals surface area contributed by atoms with Gasteiger partial charge in [0, 0.05) is 30.2 Å². The summed E-state index contributed by atoms with van der Waals surface area (Å²) in [6.07, 6.45) is 0.811. The Hall–Kier alpha value is -1.64. The Morgan fingerprint density at radius 2 is 1.75 bits per heavy atom. The van der Waals surface area contributed by atoms with E-state index >= 15 is 0 Å². The molecule has 2 aromatic carbocycles. The summed E-state index contributed by atoms with van der Waals surface area (Å²) in [4.78, 5) is 12.2. The summed E-state index contributed by atoms with van der Waals surface area (Å²) in [7, 11) is -3.75. The van der Waals surface area contributed by atoms with Crippen LogP contribution in [0.15, 0.2) is 47.4 Å². The number of hydrogen-bond acceptors (Lipinski definition) is 4. The van der Waals surface area contributed by atoms with E-state index in [1.807, 2.05) is 12.1 Å². The average molecular weight is 443 g/mol. The molecule has 0 bridgehead atoms. The Kier molecular flexibility index (Phi) is 6.95. The third kappa shape index (κ3) is 5.24.